The van der Waals surface area contributed by atoms with Gasteiger partial charge in [-0.2, -0.15) is 17.9 Å². The van der Waals surface area contributed by atoms with Crippen LogP contribution < -0.4 is 5.32 Å². The average Bonchev–Trinajstić information content (AvgIpc) is 2.86. The molecule has 21 heavy (non-hydrogen) atoms. The summed E-state index contributed by atoms with van der Waals surface area (Å²) < 4.78 is 37.7. The van der Waals surface area contributed by atoms with E-state index in [9.17, 15) is 13.2 Å². The third-order valence-electron chi connectivity index (χ3n) is 2.51. The van der Waals surface area contributed by atoms with E-state index in [2.05, 4.69) is 20.8 Å². The number of nitrogens with zero attached hydrogens (tertiary/aromatic N) is 4. The predicted molar refractivity (Wildman–Crippen MR) is 73.4 cm³/mol. The van der Waals surface area contributed by atoms with Crippen molar-refractivity contribution in [1.82, 2.24) is 25.5 Å². The normalized spacial score (nSPS) is 13.3. The van der Waals surface area contributed by atoms with Gasteiger partial charge in [0.15, 0.2) is 0 Å². The van der Waals surface area contributed by atoms with Gasteiger partial charge in [0, 0.05) is 11.8 Å². The predicted octanol–water partition coefficient (Wildman–Crippen LogP) is 2.29. The number of benzene rings is 1. The van der Waals surface area contributed by atoms with Crippen molar-refractivity contribution in [3.8, 4) is 5.69 Å². The summed E-state index contributed by atoms with van der Waals surface area (Å²) in [7, 11) is 0. The Morgan fingerprint density at radius 2 is 2.00 bits per heavy atom. The Kier molecular flexibility index (Phi) is 5.18. The number of thioether (sulfide) groups is 1. The monoisotopic (exact) mass is 317 g/mol. The van der Waals surface area contributed by atoms with E-state index in [1.807, 2.05) is 37.3 Å². The lowest BCUT2D eigenvalue weighted by atomic mass is 10.3. The summed E-state index contributed by atoms with van der Waals surface area (Å²) in [6, 6.07) is 9.31. The van der Waals surface area contributed by atoms with Crippen LogP contribution in [0, 0.1) is 0 Å². The van der Waals surface area contributed by atoms with Gasteiger partial charge in [-0.25, -0.2) is 0 Å². The highest BCUT2D eigenvalue weighted by Crippen LogP contribution is 2.22. The zero-order chi connectivity index (χ0) is 15.3. The van der Waals surface area contributed by atoms with E-state index < -0.39 is 12.7 Å². The zero-order valence-electron chi connectivity index (χ0n) is 11.2. The summed E-state index contributed by atoms with van der Waals surface area (Å²) in [5.74, 6) is 0. The minimum absolute atomic E-state index is 0.0965. The van der Waals surface area contributed by atoms with Crippen LogP contribution in [-0.4, -0.2) is 44.7 Å². The van der Waals surface area contributed by atoms with E-state index in [-0.39, 0.29) is 11.8 Å². The molecule has 1 heterocycles. The van der Waals surface area contributed by atoms with Crippen molar-refractivity contribution in [2.75, 3.05) is 13.1 Å². The Morgan fingerprint density at radius 1 is 1.29 bits per heavy atom. The van der Waals surface area contributed by atoms with Gasteiger partial charge in [0.1, 0.15) is 0 Å². The fraction of sp³-hybridized carbons (Fsp3) is 0.417. The van der Waals surface area contributed by atoms with Crippen molar-refractivity contribution in [1.29, 1.82) is 0 Å². The number of alkyl halides is 3. The smallest absolute Gasteiger partial charge is 0.308 e. The molecule has 0 fully saturated rings. The fourth-order valence-electron chi connectivity index (χ4n) is 1.62. The van der Waals surface area contributed by atoms with Gasteiger partial charge in [-0.15, -0.1) is 5.10 Å². The van der Waals surface area contributed by atoms with E-state index in [0.717, 1.165) is 5.69 Å². The number of rotatable bonds is 6. The Hall–Kier alpha value is -1.61. The van der Waals surface area contributed by atoms with Crippen molar-refractivity contribution >= 4 is 11.8 Å². The third kappa shape index (κ3) is 5.01. The van der Waals surface area contributed by atoms with Crippen LogP contribution in [0.25, 0.3) is 5.69 Å². The first-order valence-electron chi connectivity index (χ1n) is 6.23. The maximum absolute atomic E-state index is 12.1. The molecule has 0 bridgehead atoms. The van der Waals surface area contributed by atoms with Crippen LogP contribution in [0.5, 0.6) is 0 Å². The average molecular weight is 317 g/mol. The Bertz CT molecular complexity index is 558. The zero-order valence-corrected chi connectivity index (χ0v) is 12.0. The SMILES string of the molecule is CC(CNCC(F)(F)F)Sc1nnnn1-c1ccccc1. The lowest BCUT2D eigenvalue weighted by Gasteiger charge is -2.13. The minimum Gasteiger partial charge on any atom is -0.308 e. The highest BCUT2D eigenvalue weighted by atomic mass is 32.2. The first kappa shape index (κ1) is 15.8. The van der Waals surface area contributed by atoms with E-state index in [0.29, 0.717) is 5.16 Å². The number of hydrogen-bond acceptors (Lipinski definition) is 5. The number of nitrogens with one attached hydrogen (secondary N) is 1. The third-order valence-corrected chi connectivity index (χ3v) is 3.54. The molecule has 0 radical (unpaired) electrons. The van der Waals surface area contributed by atoms with Gasteiger partial charge in [-0.3, -0.25) is 0 Å². The lowest BCUT2D eigenvalue weighted by molar-refractivity contribution is -0.124. The van der Waals surface area contributed by atoms with Crippen LogP contribution >= 0.6 is 11.8 Å². The van der Waals surface area contributed by atoms with Crippen molar-refractivity contribution in [3.05, 3.63) is 30.3 Å². The van der Waals surface area contributed by atoms with Crippen molar-refractivity contribution in [2.24, 2.45) is 0 Å². The molecule has 1 N–H and O–H groups in total. The molecule has 2 rings (SSSR count). The lowest BCUT2D eigenvalue weighted by Crippen LogP contribution is -2.32. The number of tetrazole rings is 1. The van der Waals surface area contributed by atoms with Crippen molar-refractivity contribution in [2.45, 2.75) is 23.5 Å². The Morgan fingerprint density at radius 3 is 2.67 bits per heavy atom. The van der Waals surface area contributed by atoms with E-state index >= 15 is 0 Å². The standard InChI is InChI=1S/C12H14F3N5S/c1-9(7-16-8-12(13,14)15)21-11-17-18-19-20(11)10-5-3-2-4-6-10/h2-6,9,16H,7-8H2,1H3. The van der Waals surface area contributed by atoms with Gasteiger partial charge in [0.05, 0.1) is 12.2 Å². The summed E-state index contributed by atoms with van der Waals surface area (Å²) in [5, 5.41) is 14.2. The summed E-state index contributed by atoms with van der Waals surface area (Å²) in [6.07, 6.45) is -4.20. The Labute approximate surface area is 123 Å². The second kappa shape index (κ2) is 6.90. The van der Waals surface area contributed by atoms with Crippen LogP contribution in [0.15, 0.2) is 35.5 Å². The molecule has 1 aromatic carbocycles. The number of para-hydroxylation sites is 1. The maximum Gasteiger partial charge on any atom is 0.401 e. The van der Waals surface area contributed by atoms with Crippen LogP contribution in [0.4, 0.5) is 13.2 Å². The molecule has 0 spiro atoms. The molecule has 2 aromatic rings. The van der Waals surface area contributed by atoms with E-state index in [1.165, 1.54) is 11.8 Å². The number of aromatic nitrogens is 4. The molecule has 0 aliphatic rings. The molecule has 5 nitrogen and oxygen atoms in total. The molecule has 1 atom stereocenters. The summed E-state index contributed by atoms with van der Waals surface area (Å²) >= 11 is 1.32. The van der Waals surface area contributed by atoms with Crippen LogP contribution in [-0.2, 0) is 0 Å². The van der Waals surface area contributed by atoms with Gasteiger partial charge < -0.3 is 5.32 Å². The number of hydrogen-bond donors (Lipinski definition) is 1. The quantitative estimate of drug-likeness (QED) is 0.829. The molecule has 0 saturated carbocycles. The summed E-state index contributed by atoms with van der Waals surface area (Å²) in [6.45, 7) is 1.03. The Balaban J connectivity index is 1.93. The topological polar surface area (TPSA) is 55.6 Å². The highest BCUT2D eigenvalue weighted by Gasteiger charge is 2.26. The first-order chi connectivity index (χ1) is 9.96. The molecule has 0 saturated heterocycles. The largest absolute Gasteiger partial charge is 0.401 e. The highest BCUT2D eigenvalue weighted by molar-refractivity contribution is 7.99. The van der Waals surface area contributed by atoms with E-state index in [4.69, 9.17) is 0 Å². The fourth-order valence-corrected chi connectivity index (χ4v) is 2.51. The minimum atomic E-state index is -4.20. The summed E-state index contributed by atoms with van der Waals surface area (Å²) in [5.41, 5.74) is 0.806. The van der Waals surface area contributed by atoms with Gasteiger partial charge in [-0.1, -0.05) is 36.9 Å². The van der Waals surface area contributed by atoms with Crippen LogP contribution in [0.2, 0.25) is 0 Å². The van der Waals surface area contributed by atoms with Crippen molar-refractivity contribution < 1.29 is 13.2 Å². The van der Waals surface area contributed by atoms with Gasteiger partial charge in [0.25, 0.3) is 0 Å². The van der Waals surface area contributed by atoms with Crippen LogP contribution in [0.1, 0.15) is 6.92 Å². The van der Waals surface area contributed by atoms with Gasteiger partial charge in [-0.05, 0) is 22.6 Å². The summed E-state index contributed by atoms with van der Waals surface area (Å²) in [4.78, 5) is 0. The molecule has 1 unspecified atom stereocenters. The molecular formula is C12H14F3N5S. The van der Waals surface area contributed by atoms with E-state index in [1.54, 1.807) is 4.68 Å². The molecule has 1 aromatic heterocycles. The second-order valence-corrected chi connectivity index (χ2v) is 5.79. The number of halogens is 3. The second-order valence-electron chi connectivity index (χ2n) is 4.38. The van der Waals surface area contributed by atoms with Crippen molar-refractivity contribution in [3.63, 3.8) is 0 Å². The first-order valence-corrected chi connectivity index (χ1v) is 7.11. The molecule has 0 aliphatic carbocycles. The molecule has 9 heteroatoms. The maximum atomic E-state index is 12.1. The van der Waals surface area contributed by atoms with Gasteiger partial charge in [0.2, 0.25) is 5.16 Å². The molecule has 0 aliphatic heterocycles. The molecule has 114 valence electrons. The van der Waals surface area contributed by atoms with Crippen LogP contribution in [0.3, 0.4) is 0 Å². The molecule has 0 amide bonds. The van der Waals surface area contributed by atoms with Gasteiger partial charge >= 0.3 is 6.18 Å². The molecular weight excluding hydrogens is 303 g/mol.